The Kier molecular flexibility index (Phi) is 4.19. The number of hydrogen-bond donors (Lipinski definition) is 2. The van der Waals surface area contributed by atoms with Gasteiger partial charge in [0.1, 0.15) is 0 Å². The third kappa shape index (κ3) is 3.30. The van der Waals surface area contributed by atoms with Crippen LogP contribution in [0.25, 0.3) is 0 Å². The number of hydrogen-bond acceptors (Lipinski definition) is 3. The first kappa shape index (κ1) is 13.4. The Morgan fingerprint density at radius 3 is 2.35 bits per heavy atom. The second-order valence-corrected chi connectivity index (χ2v) is 6.04. The van der Waals surface area contributed by atoms with Crippen LogP contribution in [-0.2, 0) is 0 Å². The Labute approximate surface area is 120 Å². The van der Waals surface area contributed by atoms with Crippen molar-refractivity contribution < 1.29 is 4.79 Å². The van der Waals surface area contributed by atoms with Crippen molar-refractivity contribution in [2.75, 3.05) is 5.32 Å². The molecular weight excluding hydrogens is 250 g/mol. The molecule has 2 saturated carbocycles. The second-order valence-electron chi connectivity index (χ2n) is 6.04. The van der Waals surface area contributed by atoms with Gasteiger partial charge in [-0.25, -0.2) is 0 Å². The molecule has 4 nitrogen and oxygen atoms in total. The summed E-state index contributed by atoms with van der Waals surface area (Å²) in [6.45, 7) is 0. The molecule has 1 aromatic rings. The van der Waals surface area contributed by atoms with Crippen molar-refractivity contribution in [2.45, 2.75) is 63.5 Å². The summed E-state index contributed by atoms with van der Waals surface area (Å²) in [6.07, 6.45) is 13.2. The number of nitrogens with zero attached hydrogens (tertiary/aromatic N) is 1. The smallest absolute Gasteiger partial charge is 0.253 e. The molecule has 1 heterocycles. The minimum Gasteiger partial charge on any atom is -0.381 e. The monoisotopic (exact) mass is 273 g/mol. The fourth-order valence-electron chi connectivity index (χ4n) is 3.29. The molecule has 108 valence electrons. The van der Waals surface area contributed by atoms with E-state index in [9.17, 15) is 4.79 Å². The topological polar surface area (TPSA) is 54.0 Å². The van der Waals surface area contributed by atoms with Crippen LogP contribution in [0.4, 0.5) is 5.69 Å². The molecule has 20 heavy (non-hydrogen) atoms. The minimum atomic E-state index is 0.0134. The lowest BCUT2D eigenvalue weighted by molar-refractivity contribution is 0.0937. The van der Waals surface area contributed by atoms with E-state index in [0.717, 1.165) is 18.5 Å². The maximum Gasteiger partial charge on any atom is 0.253 e. The molecule has 0 aliphatic heterocycles. The highest BCUT2D eigenvalue weighted by molar-refractivity contribution is 5.94. The normalized spacial score (nSPS) is 20.2. The first-order valence-corrected chi connectivity index (χ1v) is 7.84. The van der Waals surface area contributed by atoms with Gasteiger partial charge in [-0.2, -0.15) is 0 Å². The summed E-state index contributed by atoms with van der Waals surface area (Å²) in [4.78, 5) is 16.4. The van der Waals surface area contributed by atoms with Gasteiger partial charge >= 0.3 is 0 Å². The molecule has 0 saturated heterocycles. The van der Waals surface area contributed by atoms with Crippen LogP contribution in [0.3, 0.4) is 0 Å². The zero-order valence-corrected chi connectivity index (χ0v) is 11.9. The highest BCUT2D eigenvalue weighted by Gasteiger charge is 2.19. The van der Waals surface area contributed by atoms with Crippen molar-refractivity contribution in [1.29, 1.82) is 0 Å². The average Bonchev–Trinajstić information content (AvgIpc) is 3.12. The van der Waals surface area contributed by atoms with Crippen LogP contribution in [0, 0.1) is 0 Å². The predicted molar refractivity (Wildman–Crippen MR) is 79.8 cm³/mol. The minimum absolute atomic E-state index is 0.0134. The molecule has 4 heteroatoms. The molecule has 1 amide bonds. The first-order valence-electron chi connectivity index (χ1n) is 7.84. The Morgan fingerprint density at radius 2 is 1.65 bits per heavy atom. The lowest BCUT2D eigenvalue weighted by Crippen LogP contribution is -2.32. The van der Waals surface area contributed by atoms with Gasteiger partial charge in [-0.15, -0.1) is 0 Å². The van der Waals surface area contributed by atoms with E-state index < -0.39 is 0 Å². The fourth-order valence-corrected chi connectivity index (χ4v) is 3.29. The standard InChI is InChI=1S/C16H23N3O/c20-16(19-14-7-3-4-8-14)12-9-15(11-17-10-12)18-13-5-1-2-6-13/h9-11,13-14,18H,1-8H2,(H,19,20). The second kappa shape index (κ2) is 6.25. The lowest BCUT2D eigenvalue weighted by Gasteiger charge is -2.15. The highest BCUT2D eigenvalue weighted by atomic mass is 16.1. The summed E-state index contributed by atoms with van der Waals surface area (Å²) in [5.74, 6) is 0.0134. The van der Waals surface area contributed by atoms with E-state index in [2.05, 4.69) is 15.6 Å². The summed E-state index contributed by atoms with van der Waals surface area (Å²) in [6, 6.07) is 2.83. The van der Waals surface area contributed by atoms with Gasteiger partial charge in [0.25, 0.3) is 5.91 Å². The molecule has 1 aromatic heterocycles. The number of aromatic nitrogens is 1. The average molecular weight is 273 g/mol. The van der Waals surface area contributed by atoms with Crippen molar-refractivity contribution >= 4 is 11.6 Å². The number of pyridine rings is 1. The Morgan fingerprint density at radius 1 is 1.00 bits per heavy atom. The molecule has 0 bridgehead atoms. The number of rotatable bonds is 4. The number of carbonyl (C=O) groups excluding carboxylic acids is 1. The van der Waals surface area contributed by atoms with Crippen LogP contribution in [0.15, 0.2) is 18.5 Å². The lowest BCUT2D eigenvalue weighted by atomic mass is 10.2. The van der Waals surface area contributed by atoms with Crippen molar-refractivity contribution in [1.82, 2.24) is 10.3 Å². The molecule has 0 unspecified atom stereocenters. The van der Waals surface area contributed by atoms with Gasteiger partial charge in [0.15, 0.2) is 0 Å². The molecule has 0 atom stereocenters. The maximum absolute atomic E-state index is 12.2. The van der Waals surface area contributed by atoms with Crippen molar-refractivity contribution in [3.8, 4) is 0 Å². The van der Waals surface area contributed by atoms with Crippen LogP contribution in [0.5, 0.6) is 0 Å². The summed E-state index contributed by atoms with van der Waals surface area (Å²) < 4.78 is 0. The largest absolute Gasteiger partial charge is 0.381 e. The maximum atomic E-state index is 12.2. The van der Waals surface area contributed by atoms with Crippen LogP contribution < -0.4 is 10.6 Å². The Bertz CT molecular complexity index is 463. The van der Waals surface area contributed by atoms with E-state index in [0.29, 0.717) is 17.6 Å². The molecule has 2 aliphatic rings. The fraction of sp³-hybridized carbons (Fsp3) is 0.625. The first-order chi connectivity index (χ1) is 9.81. The summed E-state index contributed by atoms with van der Waals surface area (Å²) in [7, 11) is 0. The predicted octanol–water partition coefficient (Wildman–Crippen LogP) is 3.11. The van der Waals surface area contributed by atoms with Gasteiger partial charge in [0, 0.05) is 24.5 Å². The van der Waals surface area contributed by atoms with Crippen molar-refractivity contribution in [3.63, 3.8) is 0 Å². The summed E-state index contributed by atoms with van der Waals surface area (Å²) >= 11 is 0. The molecule has 0 spiro atoms. The van der Waals surface area contributed by atoms with Crippen LogP contribution >= 0.6 is 0 Å². The van der Waals surface area contributed by atoms with Gasteiger partial charge in [0.05, 0.1) is 11.3 Å². The van der Waals surface area contributed by atoms with Gasteiger partial charge < -0.3 is 10.6 Å². The molecule has 0 radical (unpaired) electrons. The third-order valence-corrected chi connectivity index (χ3v) is 4.42. The molecule has 2 aliphatic carbocycles. The van der Waals surface area contributed by atoms with E-state index in [1.807, 2.05) is 12.3 Å². The van der Waals surface area contributed by atoms with Crippen molar-refractivity contribution in [2.24, 2.45) is 0 Å². The van der Waals surface area contributed by atoms with Crippen LogP contribution in [0.2, 0.25) is 0 Å². The van der Waals surface area contributed by atoms with E-state index in [4.69, 9.17) is 0 Å². The number of amides is 1. The molecule has 0 aromatic carbocycles. The third-order valence-electron chi connectivity index (χ3n) is 4.42. The number of nitrogens with one attached hydrogen (secondary N) is 2. The van der Waals surface area contributed by atoms with Crippen molar-refractivity contribution in [3.05, 3.63) is 24.0 Å². The van der Waals surface area contributed by atoms with Gasteiger partial charge in [-0.1, -0.05) is 25.7 Å². The molecule has 2 fully saturated rings. The van der Waals surface area contributed by atoms with E-state index in [1.54, 1.807) is 6.20 Å². The van der Waals surface area contributed by atoms with E-state index >= 15 is 0 Å². The summed E-state index contributed by atoms with van der Waals surface area (Å²) in [5.41, 5.74) is 1.64. The van der Waals surface area contributed by atoms with E-state index in [-0.39, 0.29) is 5.91 Å². The van der Waals surface area contributed by atoms with Gasteiger partial charge in [-0.05, 0) is 31.7 Å². The van der Waals surface area contributed by atoms with E-state index in [1.165, 1.54) is 38.5 Å². The van der Waals surface area contributed by atoms with Crippen LogP contribution in [0.1, 0.15) is 61.7 Å². The number of anilines is 1. The molecule has 2 N–H and O–H groups in total. The number of carbonyl (C=O) groups is 1. The highest BCUT2D eigenvalue weighted by Crippen LogP contribution is 2.22. The quantitative estimate of drug-likeness (QED) is 0.886. The Balaban J connectivity index is 1.61. The van der Waals surface area contributed by atoms with Gasteiger partial charge in [-0.3, -0.25) is 9.78 Å². The zero-order chi connectivity index (χ0) is 13.8. The molecular formula is C16H23N3O. The van der Waals surface area contributed by atoms with Crippen LogP contribution in [-0.4, -0.2) is 23.0 Å². The summed E-state index contributed by atoms with van der Waals surface area (Å²) in [5, 5.41) is 6.60. The SMILES string of the molecule is O=C(NC1CCCC1)c1cncc(NC2CCCC2)c1. The molecule has 3 rings (SSSR count). The Hall–Kier alpha value is -1.58. The zero-order valence-electron chi connectivity index (χ0n) is 11.9. The van der Waals surface area contributed by atoms with Gasteiger partial charge in [0.2, 0.25) is 0 Å².